The van der Waals surface area contributed by atoms with E-state index in [0.29, 0.717) is 0 Å². The Balaban J connectivity index is 0. The van der Waals surface area contributed by atoms with E-state index >= 15 is 0 Å². The van der Waals surface area contributed by atoms with E-state index in [-0.39, 0.29) is 17.0 Å². The summed E-state index contributed by atoms with van der Waals surface area (Å²) in [5.41, 5.74) is 0. The highest BCUT2D eigenvalue weighted by atomic mass is 79.9. The molecule has 0 spiro atoms. The van der Waals surface area contributed by atoms with E-state index in [9.17, 15) is 0 Å². The summed E-state index contributed by atoms with van der Waals surface area (Å²) < 4.78 is 2.47. The maximum atomic E-state index is 2.45. The molecule has 3 heteroatoms. The van der Waals surface area contributed by atoms with Crippen molar-refractivity contribution in [2.24, 2.45) is 0 Å². The van der Waals surface area contributed by atoms with E-state index in [2.05, 4.69) is 42.0 Å². The zero-order valence-corrected chi connectivity index (χ0v) is 27.2. The van der Waals surface area contributed by atoms with Crippen molar-refractivity contribution < 1.29 is 25.9 Å². The fourth-order valence-electron chi connectivity index (χ4n) is 5.36. The molecular weight excluding hydrogens is 492 g/mol. The molecule has 0 saturated heterocycles. The van der Waals surface area contributed by atoms with Gasteiger partial charge in [0.25, 0.3) is 0 Å². The molecule has 0 amide bonds. The number of quaternary nitrogens is 2. The van der Waals surface area contributed by atoms with Crippen molar-refractivity contribution in [1.29, 1.82) is 0 Å². The Morgan fingerprint density at radius 2 is 0.457 bits per heavy atom. The Morgan fingerprint density at radius 1 is 0.286 bits per heavy atom. The highest BCUT2D eigenvalue weighted by Gasteiger charge is 2.15. The molecule has 0 heterocycles. The summed E-state index contributed by atoms with van der Waals surface area (Å²) in [4.78, 5) is 0. The highest BCUT2D eigenvalue weighted by Crippen LogP contribution is 2.14. The third-order valence-electron chi connectivity index (χ3n) is 8.01. The molecule has 214 valence electrons. The van der Waals surface area contributed by atoms with Crippen LogP contribution >= 0.6 is 0 Å². The topological polar surface area (TPSA) is 0 Å². The van der Waals surface area contributed by atoms with Gasteiger partial charge >= 0.3 is 0 Å². The largest absolute Gasteiger partial charge is 1.00 e. The average molecular weight is 563 g/mol. The number of rotatable bonds is 27. The SMILES string of the molecule is CCCCCCCCCCC[N+](C)(C)CCCCCC[N+](C)(C)CCCCCCCCCCC.[Br-]. The van der Waals surface area contributed by atoms with E-state index in [4.69, 9.17) is 0 Å². The maximum absolute atomic E-state index is 2.45. The van der Waals surface area contributed by atoms with Crippen molar-refractivity contribution in [2.75, 3.05) is 54.4 Å². The quantitative estimate of drug-likeness (QED) is 0.0766. The maximum Gasteiger partial charge on any atom is 0.0782 e. The van der Waals surface area contributed by atoms with E-state index in [1.54, 1.807) is 0 Å². The molecule has 2 nitrogen and oxygen atoms in total. The first-order valence-corrected chi connectivity index (χ1v) is 16.0. The second kappa shape index (κ2) is 26.0. The van der Waals surface area contributed by atoms with Crippen LogP contribution in [0.3, 0.4) is 0 Å². The van der Waals surface area contributed by atoms with Crippen molar-refractivity contribution in [2.45, 2.75) is 155 Å². The fourth-order valence-corrected chi connectivity index (χ4v) is 5.36. The van der Waals surface area contributed by atoms with Gasteiger partial charge in [0, 0.05) is 0 Å². The standard InChI is InChI=1S/C32H70N2.BrH/c1-7-9-11-13-15-17-19-21-25-29-33(3,4)31-27-23-24-28-32-34(5,6)30-26-22-20-18-16-14-12-10-8-2;/h7-32H2,1-6H3;1H/q+2;/p-1. The first-order valence-electron chi connectivity index (χ1n) is 16.0. The molecule has 0 aromatic carbocycles. The van der Waals surface area contributed by atoms with Crippen LogP contribution in [0.2, 0.25) is 0 Å². The van der Waals surface area contributed by atoms with Crippen LogP contribution in [0.25, 0.3) is 0 Å². The molecular formula is C32H70BrN2+. The summed E-state index contributed by atoms with van der Waals surface area (Å²) in [6, 6.07) is 0. The van der Waals surface area contributed by atoms with Gasteiger partial charge in [-0.1, -0.05) is 104 Å². The van der Waals surface area contributed by atoms with Gasteiger partial charge in [-0.25, -0.2) is 0 Å². The first-order chi connectivity index (χ1) is 16.3. The van der Waals surface area contributed by atoms with E-state index in [1.165, 1.54) is 176 Å². The summed E-state index contributed by atoms with van der Waals surface area (Å²) in [6.07, 6.45) is 31.6. The summed E-state index contributed by atoms with van der Waals surface area (Å²) in [5, 5.41) is 0. The second-order valence-electron chi connectivity index (χ2n) is 12.8. The molecule has 0 bridgehead atoms. The lowest BCUT2D eigenvalue weighted by Crippen LogP contribution is -3.00. The number of hydrogen-bond donors (Lipinski definition) is 0. The van der Waals surface area contributed by atoms with Gasteiger partial charge in [0.1, 0.15) is 0 Å². The molecule has 0 aliphatic carbocycles. The molecule has 0 unspecified atom stereocenters. The minimum atomic E-state index is 0. The summed E-state index contributed by atoms with van der Waals surface area (Å²) in [5.74, 6) is 0. The molecule has 0 aromatic rings. The Hall–Kier alpha value is 0.400. The lowest BCUT2D eigenvalue weighted by molar-refractivity contribution is -0.891. The lowest BCUT2D eigenvalue weighted by atomic mass is 10.1. The zero-order chi connectivity index (χ0) is 25.4. The molecule has 0 radical (unpaired) electrons. The van der Waals surface area contributed by atoms with Crippen LogP contribution in [0.4, 0.5) is 0 Å². The van der Waals surface area contributed by atoms with Crippen LogP contribution in [0.15, 0.2) is 0 Å². The Labute approximate surface area is 235 Å². The average Bonchev–Trinajstić information content (AvgIpc) is 2.79. The van der Waals surface area contributed by atoms with Gasteiger partial charge in [-0.3, -0.25) is 0 Å². The van der Waals surface area contributed by atoms with E-state index in [1.807, 2.05) is 0 Å². The third kappa shape index (κ3) is 28.8. The monoisotopic (exact) mass is 561 g/mol. The van der Waals surface area contributed by atoms with Gasteiger partial charge in [0.05, 0.1) is 54.4 Å². The normalized spacial score (nSPS) is 12.2. The number of hydrogen-bond acceptors (Lipinski definition) is 0. The summed E-state index contributed by atoms with van der Waals surface area (Å²) in [6.45, 7) is 10.1. The summed E-state index contributed by atoms with van der Waals surface area (Å²) in [7, 11) is 9.82. The molecule has 0 aromatic heterocycles. The van der Waals surface area contributed by atoms with Crippen LogP contribution < -0.4 is 17.0 Å². The van der Waals surface area contributed by atoms with Gasteiger partial charge in [-0.05, 0) is 51.4 Å². The first kappa shape index (κ1) is 37.6. The Bertz CT molecular complexity index is 370. The molecule has 0 N–H and O–H groups in total. The lowest BCUT2D eigenvalue weighted by Gasteiger charge is -2.31. The van der Waals surface area contributed by atoms with Crippen LogP contribution in [0.5, 0.6) is 0 Å². The van der Waals surface area contributed by atoms with Crippen LogP contribution in [0, 0.1) is 0 Å². The molecule has 0 aliphatic rings. The van der Waals surface area contributed by atoms with Crippen LogP contribution in [-0.4, -0.2) is 63.3 Å². The molecule has 0 fully saturated rings. The molecule has 0 atom stereocenters. The van der Waals surface area contributed by atoms with Crippen molar-refractivity contribution in [3.05, 3.63) is 0 Å². The zero-order valence-electron chi connectivity index (χ0n) is 25.7. The van der Waals surface area contributed by atoms with Gasteiger partial charge in [0.2, 0.25) is 0 Å². The minimum absolute atomic E-state index is 0. The molecule has 35 heavy (non-hydrogen) atoms. The van der Waals surface area contributed by atoms with Crippen molar-refractivity contribution in [1.82, 2.24) is 0 Å². The van der Waals surface area contributed by atoms with Gasteiger partial charge in [-0.15, -0.1) is 0 Å². The van der Waals surface area contributed by atoms with E-state index < -0.39 is 0 Å². The Kier molecular flexibility index (Phi) is 27.9. The molecule has 0 saturated carbocycles. The minimum Gasteiger partial charge on any atom is -1.00 e. The molecule has 0 rings (SSSR count). The van der Waals surface area contributed by atoms with Crippen LogP contribution in [0.1, 0.15) is 155 Å². The van der Waals surface area contributed by atoms with Gasteiger partial charge in [0.15, 0.2) is 0 Å². The fraction of sp³-hybridized carbons (Fsp3) is 1.00. The smallest absolute Gasteiger partial charge is 0.0782 e. The predicted octanol–water partition coefficient (Wildman–Crippen LogP) is 6.77. The number of unbranched alkanes of at least 4 members (excludes halogenated alkanes) is 19. The predicted molar refractivity (Wildman–Crippen MR) is 157 cm³/mol. The summed E-state index contributed by atoms with van der Waals surface area (Å²) >= 11 is 0. The second-order valence-corrected chi connectivity index (χ2v) is 12.8. The van der Waals surface area contributed by atoms with Gasteiger partial charge < -0.3 is 25.9 Å². The third-order valence-corrected chi connectivity index (χ3v) is 8.01. The van der Waals surface area contributed by atoms with E-state index in [0.717, 1.165) is 0 Å². The van der Waals surface area contributed by atoms with Crippen molar-refractivity contribution in [3.8, 4) is 0 Å². The number of halogens is 1. The highest BCUT2D eigenvalue weighted by molar-refractivity contribution is 4.50. The number of nitrogens with zero attached hydrogens (tertiary/aromatic N) is 2. The van der Waals surface area contributed by atoms with Crippen molar-refractivity contribution in [3.63, 3.8) is 0 Å². The Morgan fingerprint density at radius 3 is 0.657 bits per heavy atom. The van der Waals surface area contributed by atoms with Gasteiger partial charge in [-0.2, -0.15) is 0 Å². The van der Waals surface area contributed by atoms with Crippen LogP contribution in [-0.2, 0) is 0 Å². The molecule has 0 aliphatic heterocycles. The van der Waals surface area contributed by atoms with Crippen molar-refractivity contribution >= 4 is 0 Å².